The van der Waals surface area contributed by atoms with Crippen molar-refractivity contribution in [3.05, 3.63) is 51.2 Å². The largest absolute Gasteiger partial charge is 0.497 e. The minimum absolute atomic E-state index is 0.353. The monoisotopic (exact) mass is 466 g/mol. The molecule has 0 aliphatic carbocycles. The van der Waals surface area contributed by atoms with Gasteiger partial charge in [0.15, 0.2) is 4.80 Å². The summed E-state index contributed by atoms with van der Waals surface area (Å²) in [6, 6.07) is 11.2. The summed E-state index contributed by atoms with van der Waals surface area (Å²) in [5.41, 5.74) is 1.45. The quantitative estimate of drug-likeness (QED) is 0.533. The predicted octanol–water partition coefficient (Wildman–Crippen LogP) is 4.59. The molecule has 0 unspecified atom stereocenters. The van der Waals surface area contributed by atoms with E-state index in [0.717, 1.165) is 27.0 Å². The number of thiazole rings is 1. The van der Waals surface area contributed by atoms with Crippen LogP contribution in [0.3, 0.4) is 0 Å². The van der Waals surface area contributed by atoms with E-state index in [1.807, 2.05) is 18.2 Å². The van der Waals surface area contributed by atoms with Crippen LogP contribution in [-0.4, -0.2) is 36.7 Å². The lowest BCUT2D eigenvalue weighted by Gasteiger charge is -2.07. The second-order valence-electron chi connectivity index (χ2n) is 5.62. The molecular weight excluding hydrogens is 448 g/mol. The number of halogens is 1. The van der Waals surface area contributed by atoms with Crippen LogP contribution in [0.25, 0.3) is 10.2 Å². The van der Waals surface area contributed by atoms with Crippen molar-refractivity contribution in [1.29, 1.82) is 0 Å². The van der Waals surface area contributed by atoms with Crippen LogP contribution in [0.2, 0.25) is 0 Å². The molecule has 1 amide bonds. The molecular formula is C19H19BrN2O3S2. The van der Waals surface area contributed by atoms with Crippen molar-refractivity contribution in [2.45, 2.75) is 6.54 Å². The Morgan fingerprint density at radius 3 is 2.74 bits per heavy atom. The highest BCUT2D eigenvalue weighted by Gasteiger charge is 2.15. The number of ether oxygens (including phenoxy) is 2. The van der Waals surface area contributed by atoms with Crippen molar-refractivity contribution >= 4 is 55.2 Å². The van der Waals surface area contributed by atoms with Crippen LogP contribution in [0.15, 0.2) is 45.9 Å². The molecule has 0 bridgehead atoms. The number of rotatable bonds is 6. The molecule has 5 nitrogen and oxygen atoms in total. The normalized spacial score (nSPS) is 11.8. The Hall–Kier alpha value is -1.77. The number of thioether (sulfide) groups is 1. The van der Waals surface area contributed by atoms with E-state index in [4.69, 9.17) is 9.47 Å². The van der Waals surface area contributed by atoms with Crippen LogP contribution in [0, 0.1) is 0 Å². The summed E-state index contributed by atoms with van der Waals surface area (Å²) in [5, 5.41) is 0. The van der Waals surface area contributed by atoms with Gasteiger partial charge in [-0.25, -0.2) is 0 Å². The fourth-order valence-electron chi connectivity index (χ4n) is 2.66. The van der Waals surface area contributed by atoms with Crippen molar-refractivity contribution in [1.82, 2.24) is 4.57 Å². The maximum atomic E-state index is 12.9. The number of methoxy groups -OCH3 is 2. The third-order valence-corrected chi connectivity index (χ3v) is 6.12. The Labute approximate surface area is 174 Å². The van der Waals surface area contributed by atoms with Crippen LogP contribution in [0.1, 0.15) is 10.4 Å². The lowest BCUT2D eigenvalue weighted by atomic mass is 10.2. The van der Waals surface area contributed by atoms with Crippen LogP contribution >= 0.6 is 39.0 Å². The van der Waals surface area contributed by atoms with Crippen LogP contribution < -0.4 is 14.3 Å². The van der Waals surface area contributed by atoms with Crippen molar-refractivity contribution in [2.75, 3.05) is 26.2 Å². The number of aromatic nitrogens is 1. The molecule has 3 aromatic rings. The zero-order valence-electron chi connectivity index (χ0n) is 15.2. The number of carbonyl (C=O) groups excluding carboxylic acids is 1. The minimum atomic E-state index is -0.353. The topological polar surface area (TPSA) is 52.8 Å². The van der Waals surface area contributed by atoms with Gasteiger partial charge in [0.25, 0.3) is 5.91 Å². The summed E-state index contributed by atoms with van der Waals surface area (Å²) in [6.45, 7) is 0.782. The molecule has 0 radical (unpaired) electrons. The van der Waals surface area contributed by atoms with Gasteiger partial charge in [0.05, 0.1) is 30.0 Å². The molecule has 142 valence electrons. The first-order valence-corrected chi connectivity index (χ1v) is 11.2. The maximum Gasteiger partial charge on any atom is 0.283 e. The van der Waals surface area contributed by atoms with Gasteiger partial charge in [-0.3, -0.25) is 4.79 Å². The van der Waals surface area contributed by atoms with Gasteiger partial charge < -0.3 is 14.0 Å². The number of hydrogen-bond acceptors (Lipinski definition) is 5. The van der Waals surface area contributed by atoms with Crippen molar-refractivity contribution < 1.29 is 14.3 Å². The highest BCUT2D eigenvalue weighted by Crippen LogP contribution is 2.25. The molecule has 2 aromatic carbocycles. The highest BCUT2D eigenvalue weighted by molar-refractivity contribution is 9.10. The van der Waals surface area contributed by atoms with Crippen molar-refractivity contribution in [3.8, 4) is 11.5 Å². The van der Waals surface area contributed by atoms with Crippen molar-refractivity contribution in [2.24, 2.45) is 4.99 Å². The lowest BCUT2D eigenvalue weighted by molar-refractivity contribution is 0.0994. The molecule has 0 spiro atoms. The summed E-state index contributed by atoms with van der Waals surface area (Å²) in [5.74, 6) is 1.65. The number of benzene rings is 2. The fourth-order valence-corrected chi connectivity index (χ4v) is 4.63. The summed E-state index contributed by atoms with van der Waals surface area (Å²) >= 11 is 6.76. The van der Waals surface area contributed by atoms with Gasteiger partial charge in [0.2, 0.25) is 0 Å². The first-order valence-electron chi connectivity index (χ1n) is 8.16. The second kappa shape index (κ2) is 8.95. The van der Waals surface area contributed by atoms with Crippen LogP contribution in [0.4, 0.5) is 0 Å². The molecule has 0 saturated carbocycles. The van der Waals surface area contributed by atoms with Gasteiger partial charge >= 0.3 is 0 Å². The maximum absolute atomic E-state index is 12.9. The summed E-state index contributed by atoms with van der Waals surface area (Å²) < 4.78 is 14.7. The average molecular weight is 467 g/mol. The van der Waals surface area contributed by atoms with Gasteiger partial charge in [0.1, 0.15) is 11.5 Å². The third kappa shape index (κ3) is 4.39. The average Bonchev–Trinajstić information content (AvgIpc) is 3.01. The Balaban J connectivity index is 2.13. The Morgan fingerprint density at radius 1 is 1.22 bits per heavy atom. The zero-order valence-corrected chi connectivity index (χ0v) is 18.4. The summed E-state index contributed by atoms with van der Waals surface area (Å²) in [4.78, 5) is 18.0. The smallest absolute Gasteiger partial charge is 0.283 e. The van der Waals surface area contributed by atoms with Crippen LogP contribution in [-0.2, 0) is 6.54 Å². The standard InChI is InChI=1S/C19H19BrN2O3S2/c1-24-13-5-7-16(25-2)14(11-13)18(23)21-19-22(8-9-26-3)15-6-4-12(20)10-17(15)27-19/h4-7,10-11H,8-9H2,1-3H3. The molecule has 0 fully saturated rings. The summed E-state index contributed by atoms with van der Waals surface area (Å²) in [6.07, 6.45) is 2.06. The van der Waals surface area contributed by atoms with E-state index in [2.05, 4.69) is 31.7 Å². The molecule has 0 atom stereocenters. The highest BCUT2D eigenvalue weighted by atomic mass is 79.9. The van der Waals surface area contributed by atoms with E-state index >= 15 is 0 Å². The van der Waals surface area contributed by atoms with E-state index in [-0.39, 0.29) is 5.91 Å². The zero-order chi connectivity index (χ0) is 19.4. The first-order chi connectivity index (χ1) is 13.1. The van der Waals surface area contributed by atoms with Gasteiger partial charge in [-0.15, -0.1) is 0 Å². The van der Waals surface area contributed by atoms with E-state index < -0.39 is 0 Å². The lowest BCUT2D eigenvalue weighted by Crippen LogP contribution is -2.18. The van der Waals surface area contributed by atoms with Crippen LogP contribution in [0.5, 0.6) is 11.5 Å². The number of aryl methyl sites for hydroxylation is 1. The fraction of sp³-hybridized carbons (Fsp3) is 0.263. The molecule has 27 heavy (non-hydrogen) atoms. The Bertz CT molecular complexity index is 1040. The predicted molar refractivity (Wildman–Crippen MR) is 115 cm³/mol. The van der Waals surface area contributed by atoms with Gasteiger partial charge in [-0.2, -0.15) is 16.8 Å². The molecule has 3 rings (SSSR count). The molecule has 8 heteroatoms. The number of hydrogen-bond donors (Lipinski definition) is 0. The first kappa shape index (κ1) is 20.0. The van der Waals surface area contributed by atoms with Gasteiger partial charge in [0, 0.05) is 16.8 Å². The Kier molecular flexibility index (Phi) is 6.62. The third-order valence-electron chi connectivity index (χ3n) is 4.00. The second-order valence-corrected chi connectivity index (χ2v) is 8.53. The van der Waals surface area contributed by atoms with Gasteiger partial charge in [-0.1, -0.05) is 27.3 Å². The minimum Gasteiger partial charge on any atom is -0.497 e. The van der Waals surface area contributed by atoms with E-state index in [1.54, 1.807) is 37.1 Å². The molecule has 0 N–H and O–H groups in total. The van der Waals surface area contributed by atoms with Gasteiger partial charge in [-0.05, 0) is 42.7 Å². The molecule has 0 aliphatic heterocycles. The van der Waals surface area contributed by atoms with E-state index in [9.17, 15) is 4.79 Å². The molecule has 1 heterocycles. The number of amides is 1. The SMILES string of the molecule is COc1ccc(OC)c(C(=O)N=c2sc3cc(Br)ccc3n2CCSC)c1. The number of carbonyl (C=O) groups is 1. The summed E-state index contributed by atoms with van der Waals surface area (Å²) in [7, 11) is 3.10. The Morgan fingerprint density at radius 2 is 2.04 bits per heavy atom. The molecule has 0 aliphatic rings. The van der Waals surface area contributed by atoms with E-state index in [1.165, 1.54) is 18.4 Å². The number of fused-ring (bicyclic) bond motifs is 1. The molecule has 0 saturated heterocycles. The van der Waals surface area contributed by atoms with E-state index in [0.29, 0.717) is 21.9 Å². The molecule has 1 aromatic heterocycles. The van der Waals surface area contributed by atoms with Crippen molar-refractivity contribution in [3.63, 3.8) is 0 Å². The number of nitrogens with zero attached hydrogens (tertiary/aromatic N) is 2.